The average molecular weight is 389 g/mol. The third-order valence-electron chi connectivity index (χ3n) is 2.64. The minimum Gasteiger partial charge on any atom is -0.403 e. The Balaban J connectivity index is 2.41. The van der Waals surface area contributed by atoms with Gasteiger partial charge in [0.15, 0.2) is 5.75 Å². The molecular formula is C11H10Br2F3NO. The van der Waals surface area contributed by atoms with Gasteiger partial charge >= 0.3 is 6.36 Å². The normalized spacial score (nSPS) is 16.2. The van der Waals surface area contributed by atoms with Gasteiger partial charge in [0.05, 0.1) is 5.69 Å². The predicted octanol–water partition coefficient (Wildman–Crippen LogP) is 4.71. The van der Waals surface area contributed by atoms with Crippen LogP contribution in [-0.4, -0.2) is 19.5 Å². The molecule has 7 heteroatoms. The molecule has 1 heterocycles. The van der Waals surface area contributed by atoms with Gasteiger partial charge in [-0.15, -0.1) is 13.2 Å². The Hall–Kier alpha value is -0.430. The Labute approximate surface area is 119 Å². The van der Waals surface area contributed by atoms with Crippen LogP contribution in [0.15, 0.2) is 21.1 Å². The van der Waals surface area contributed by atoms with Crippen LogP contribution < -0.4 is 9.64 Å². The van der Waals surface area contributed by atoms with E-state index in [4.69, 9.17) is 0 Å². The van der Waals surface area contributed by atoms with Crippen LogP contribution in [0.3, 0.4) is 0 Å². The molecule has 18 heavy (non-hydrogen) atoms. The number of alkyl halides is 3. The third-order valence-corrected chi connectivity index (χ3v) is 3.70. The van der Waals surface area contributed by atoms with Crippen molar-refractivity contribution in [3.8, 4) is 5.75 Å². The van der Waals surface area contributed by atoms with Crippen molar-refractivity contribution in [1.82, 2.24) is 0 Å². The second-order valence-electron chi connectivity index (χ2n) is 3.98. The topological polar surface area (TPSA) is 12.5 Å². The minimum atomic E-state index is -4.69. The second kappa shape index (κ2) is 5.28. The summed E-state index contributed by atoms with van der Waals surface area (Å²) in [7, 11) is 0. The molecule has 1 fully saturated rings. The van der Waals surface area contributed by atoms with Gasteiger partial charge in [0.25, 0.3) is 0 Å². The number of rotatable bonds is 2. The van der Waals surface area contributed by atoms with Gasteiger partial charge in [0.2, 0.25) is 0 Å². The number of anilines is 1. The Bertz CT molecular complexity index is 445. The summed E-state index contributed by atoms with van der Waals surface area (Å²) in [4.78, 5) is 1.90. The quantitative estimate of drug-likeness (QED) is 0.727. The van der Waals surface area contributed by atoms with E-state index in [2.05, 4.69) is 36.6 Å². The van der Waals surface area contributed by atoms with E-state index in [-0.39, 0.29) is 5.75 Å². The molecule has 100 valence electrons. The van der Waals surface area contributed by atoms with Gasteiger partial charge in [-0.25, -0.2) is 0 Å². The van der Waals surface area contributed by atoms with Crippen LogP contribution in [0.5, 0.6) is 5.75 Å². The standard InChI is InChI=1S/C11H10Br2F3NO/c12-7-5-8(13)10(17-3-1-2-4-17)9(6-7)18-11(14,15)16/h5-6H,1-4H2. The first-order valence-electron chi connectivity index (χ1n) is 5.36. The Kier molecular flexibility index (Phi) is 4.11. The molecule has 1 aliphatic rings. The van der Waals surface area contributed by atoms with Crippen molar-refractivity contribution in [1.29, 1.82) is 0 Å². The summed E-state index contributed by atoms with van der Waals surface area (Å²) in [6.07, 6.45) is -2.73. The van der Waals surface area contributed by atoms with E-state index in [1.165, 1.54) is 6.07 Å². The van der Waals surface area contributed by atoms with Crippen molar-refractivity contribution in [2.45, 2.75) is 19.2 Å². The largest absolute Gasteiger partial charge is 0.573 e. The van der Waals surface area contributed by atoms with E-state index in [9.17, 15) is 13.2 Å². The fourth-order valence-corrected chi connectivity index (χ4v) is 3.43. The monoisotopic (exact) mass is 387 g/mol. The number of hydrogen-bond acceptors (Lipinski definition) is 2. The van der Waals surface area contributed by atoms with Crippen LogP contribution in [-0.2, 0) is 0 Å². The molecule has 1 aliphatic heterocycles. The first-order valence-corrected chi connectivity index (χ1v) is 6.95. The van der Waals surface area contributed by atoms with Crippen molar-refractivity contribution >= 4 is 37.5 Å². The van der Waals surface area contributed by atoms with Crippen LogP contribution in [0.25, 0.3) is 0 Å². The number of ether oxygens (including phenoxy) is 1. The second-order valence-corrected chi connectivity index (χ2v) is 5.75. The summed E-state index contributed by atoms with van der Waals surface area (Å²) in [5.74, 6) is -0.175. The molecule has 0 atom stereocenters. The predicted molar refractivity (Wildman–Crippen MR) is 70.0 cm³/mol. The number of halogens is 5. The van der Waals surface area contributed by atoms with Gasteiger partial charge in [0.1, 0.15) is 0 Å². The lowest BCUT2D eigenvalue weighted by molar-refractivity contribution is -0.274. The fourth-order valence-electron chi connectivity index (χ4n) is 1.99. The number of nitrogens with zero attached hydrogens (tertiary/aromatic N) is 1. The van der Waals surface area contributed by atoms with Crippen molar-refractivity contribution in [3.05, 3.63) is 21.1 Å². The van der Waals surface area contributed by atoms with Gasteiger partial charge < -0.3 is 9.64 Å². The lowest BCUT2D eigenvalue weighted by Crippen LogP contribution is -2.23. The molecule has 1 aromatic rings. The average Bonchev–Trinajstić information content (AvgIpc) is 2.66. The van der Waals surface area contributed by atoms with Crippen molar-refractivity contribution in [2.24, 2.45) is 0 Å². The van der Waals surface area contributed by atoms with E-state index >= 15 is 0 Å². The maximum atomic E-state index is 12.4. The van der Waals surface area contributed by atoms with Crippen molar-refractivity contribution < 1.29 is 17.9 Å². The van der Waals surface area contributed by atoms with E-state index in [1.807, 2.05) is 4.90 Å². The Morgan fingerprint density at radius 2 is 1.72 bits per heavy atom. The molecule has 0 amide bonds. The van der Waals surface area contributed by atoms with Crippen LogP contribution >= 0.6 is 31.9 Å². The zero-order valence-corrected chi connectivity index (χ0v) is 12.4. The lowest BCUT2D eigenvalue weighted by atomic mass is 10.2. The first-order chi connectivity index (χ1) is 8.37. The summed E-state index contributed by atoms with van der Waals surface area (Å²) in [6.45, 7) is 1.49. The first kappa shape index (κ1) is 14.0. The molecule has 0 radical (unpaired) electrons. The maximum Gasteiger partial charge on any atom is 0.573 e. The Morgan fingerprint density at radius 3 is 2.28 bits per heavy atom. The summed E-state index contributed by atoms with van der Waals surface area (Å²) in [5, 5.41) is 0. The van der Waals surface area contributed by atoms with Gasteiger partial charge in [0, 0.05) is 22.0 Å². The van der Waals surface area contributed by atoms with Crippen molar-refractivity contribution in [3.63, 3.8) is 0 Å². The highest BCUT2D eigenvalue weighted by molar-refractivity contribution is 9.11. The van der Waals surface area contributed by atoms with Crippen molar-refractivity contribution in [2.75, 3.05) is 18.0 Å². The third kappa shape index (κ3) is 3.32. The molecule has 0 N–H and O–H groups in total. The molecule has 0 spiro atoms. The van der Waals surface area contributed by atoms with Crippen LogP contribution in [0.4, 0.5) is 18.9 Å². The molecule has 0 aromatic heterocycles. The molecule has 0 saturated carbocycles. The molecule has 0 bridgehead atoms. The lowest BCUT2D eigenvalue weighted by Gasteiger charge is -2.23. The zero-order chi connectivity index (χ0) is 13.3. The number of hydrogen-bond donors (Lipinski definition) is 0. The maximum absolute atomic E-state index is 12.4. The highest BCUT2D eigenvalue weighted by Gasteiger charge is 2.34. The molecule has 0 aliphatic carbocycles. The fraction of sp³-hybridized carbons (Fsp3) is 0.455. The zero-order valence-electron chi connectivity index (χ0n) is 9.23. The molecule has 2 rings (SSSR count). The van der Waals surface area contributed by atoms with Crippen LogP contribution in [0.1, 0.15) is 12.8 Å². The van der Waals surface area contributed by atoms with Gasteiger partial charge in [-0.3, -0.25) is 0 Å². The van der Waals surface area contributed by atoms with E-state index < -0.39 is 6.36 Å². The Morgan fingerprint density at radius 1 is 1.11 bits per heavy atom. The SMILES string of the molecule is FC(F)(F)Oc1cc(Br)cc(Br)c1N1CCCC1. The molecule has 0 unspecified atom stereocenters. The van der Waals surface area contributed by atoms with E-state index in [1.54, 1.807) is 6.07 Å². The molecular weight excluding hydrogens is 379 g/mol. The summed E-state index contributed by atoms with van der Waals surface area (Å²) >= 11 is 6.46. The smallest absolute Gasteiger partial charge is 0.403 e. The summed E-state index contributed by atoms with van der Waals surface area (Å²) in [6, 6.07) is 3.06. The van der Waals surface area contributed by atoms with Crippen LogP contribution in [0, 0.1) is 0 Å². The summed E-state index contributed by atoms with van der Waals surface area (Å²) < 4.78 is 42.4. The van der Waals surface area contributed by atoms with Gasteiger partial charge in [-0.05, 0) is 40.9 Å². The summed E-state index contributed by atoms with van der Waals surface area (Å²) in [5.41, 5.74) is 0.466. The van der Waals surface area contributed by atoms with Gasteiger partial charge in [-0.1, -0.05) is 15.9 Å². The van der Waals surface area contributed by atoms with E-state index in [0.717, 1.165) is 25.9 Å². The molecule has 1 aromatic carbocycles. The van der Waals surface area contributed by atoms with Crippen LogP contribution in [0.2, 0.25) is 0 Å². The minimum absolute atomic E-state index is 0.175. The van der Waals surface area contributed by atoms with Gasteiger partial charge in [-0.2, -0.15) is 0 Å². The number of benzene rings is 1. The highest BCUT2D eigenvalue weighted by Crippen LogP contribution is 2.42. The molecule has 1 saturated heterocycles. The highest BCUT2D eigenvalue weighted by atomic mass is 79.9. The van der Waals surface area contributed by atoms with E-state index in [0.29, 0.717) is 14.6 Å². The molecule has 2 nitrogen and oxygen atoms in total.